The number of piperidine rings is 1. The number of rotatable bonds is 4. The van der Waals surface area contributed by atoms with Crippen molar-refractivity contribution >= 4 is 18.3 Å². The summed E-state index contributed by atoms with van der Waals surface area (Å²) < 4.78 is 0. The van der Waals surface area contributed by atoms with E-state index in [1.807, 2.05) is 0 Å². The Morgan fingerprint density at radius 1 is 1.26 bits per heavy atom. The van der Waals surface area contributed by atoms with Crippen molar-refractivity contribution < 1.29 is 4.79 Å². The highest BCUT2D eigenvalue weighted by molar-refractivity contribution is 5.85. The van der Waals surface area contributed by atoms with Crippen LogP contribution in [0.1, 0.15) is 50.3 Å². The molecule has 23 heavy (non-hydrogen) atoms. The van der Waals surface area contributed by atoms with E-state index >= 15 is 0 Å². The third-order valence-electron chi connectivity index (χ3n) is 5.59. The molecule has 0 aromatic heterocycles. The SMILES string of the molecule is Cc1ccccc1C(NC(=O)C1CC12CCNCC2)C(C)C.Cl. The van der Waals surface area contributed by atoms with Crippen LogP contribution in [-0.2, 0) is 4.79 Å². The van der Waals surface area contributed by atoms with Crippen LogP contribution in [0, 0.1) is 24.2 Å². The highest BCUT2D eigenvalue weighted by Crippen LogP contribution is 2.58. The molecular weight excluding hydrogens is 308 g/mol. The van der Waals surface area contributed by atoms with E-state index in [2.05, 4.69) is 55.7 Å². The van der Waals surface area contributed by atoms with Crippen LogP contribution in [0.2, 0.25) is 0 Å². The third-order valence-corrected chi connectivity index (χ3v) is 5.59. The maximum Gasteiger partial charge on any atom is 0.224 e. The van der Waals surface area contributed by atoms with Gasteiger partial charge in [0.25, 0.3) is 0 Å². The van der Waals surface area contributed by atoms with Gasteiger partial charge >= 0.3 is 0 Å². The number of amides is 1. The van der Waals surface area contributed by atoms with Crippen LogP contribution in [0.4, 0.5) is 0 Å². The Morgan fingerprint density at radius 2 is 1.91 bits per heavy atom. The highest BCUT2D eigenvalue weighted by Gasteiger charge is 2.57. The zero-order chi connectivity index (χ0) is 15.7. The van der Waals surface area contributed by atoms with Gasteiger partial charge in [-0.1, -0.05) is 38.1 Å². The molecule has 1 aromatic rings. The van der Waals surface area contributed by atoms with E-state index in [0.29, 0.717) is 11.3 Å². The minimum Gasteiger partial charge on any atom is -0.349 e. The summed E-state index contributed by atoms with van der Waals surface area (Å²) in [4.78, 5) is 12.7. The monoisotopic (exact) mass is 336 g/mol. The molecule has 1 aliphatic carbocycles. The molecule has 1 amide bonds. The topological polar surface area (TPSA) is 41.1 Å². The van der Waals surface area contributed by atoms with E-state index < -0.39 is 0 Å². The molecule has 0 bridgehead atoms. The van der Waals surface area contributed by atoms with Crippen molar-refractivity contribution in [2.75, 3.05) is 13.1 Å². The van der Waals surface area contributed by atoms with E-state index in [9.17, 15) is 4.79 Å². The van der Waals surface area contributed by atoms with Gasteiger partial charge in [0.1, 0.15) is 0 Å². The Morgan fingerprint density at radius 3 is 2.52 bits per heavy atom. The maximum atomic E-state index is 12.7. The molecule has 4 heteroatoms. The highest BCUT2D eigenvalue weighted by atomic mass is 35.5. The van der Waals surface area contributed by atoms with Gasteiger partial charge in [-0.05, 0) is 61.7 Å². The molecule has 1 spiro atoms. The summed E-state index contributed by atoms with van der Waals surface area (Å²) in [6.45, 7) is 8.63. The predicted octanol–water partition coefficient (Wildman–Crippen LogP) is 3.62. The summed E-state index contributed by atoms with van der Waals surface area (Å²) in [5.41, 5.74) is 2.82. The van der Waals surface area contributed by atoms with Gasteiger partial charge in [-0.25, -0.2) is 0 Å². The zero-order valence-electron chi connectivity index (χ0n) is 14.4. The normalized spacial score (nSPS) is 23.2. The van der Waals surface area contributed by atoms with Crippen LogP contribution in [0.15, 0.2) is 24.3 Å². The van der Waals surface area contributed by atoms with E-state index in [0.717, 1.165) is 32.4 Å². The van der Waals surface area contributed by atoms with Crippen molar-refractivity contribution in [1.82, 2.24) is 10.6 Å². The van der Waals surface area contributed by atoms with Crippen LogP contribution in [0.25, 0.3) is 0 Å². The van der Waals surface area contributed by atoms with Crippen LogP contribution < -0.4 is 10.6 Å². The fourth-order valence-electron chi connectivity index (χ4n) is 3.99. The first-order valence-corrected chi connectivity index (χ1v) is 8.60. The van der Waals surface area contributed by atoms with Crippen LogP contribution >= 0.6 is 12.4 Å². The van der Waals surface area contributed by atoms with Crippen LogP contribution in [0.5, 0.6) is 0 Å². The average molecular weight is 337 g/mol. The summed E-state index contributed by atoms with van der Waals surface area (Å²) in [7, 11) is 0. The van der Waals surface area contributed by atoms with Crippen molar-refractivity contribution in [3.63, 3.8) is 0 Å². The number of nitrogens with one attached hydrogen (secondary N) is 2. The molecule has 2 fully saturated rings. The fraction of sp³-hybridized carbons (Fsp3) is 0.632. The van der Waals surface area contributed by atoms with Gasteiger partial charge in [0.15, 0.2) is 0 Å². The summed E-state index contributed by atoms with van der Waals surface area (Å²) in [5, 5.41) is 6.75. The van der Waals surface area contributed by atoms with Crippen molar-refractivity contribution in [1.29, 1.82) is 0 Å². The number of aryl methyl sites for hydroxylation is 1. The van der Waals surface area contributed by atoms with Gasteiger partial charge in [-0.3, -0.25) is 4.79 Å². The summed E-state index contributed by atoms with van der Waals surface area (Å²) in [5.74, 6) is 0.900. The summed E-state index contributed by atoms with van der Waals surface area (Å²) in [6, 6.07) is 8.52. The van der Waals surface area contributed by atoms with Gasteiger partial charge < -0.3 is 10.6 Å². The van der Waals surface area contributed by atoms with Crippen molar-refractivity contribution in [2.24, 2.45) is 17.3 Å². The number of carbonyl (C=O) groups excluding carboxylic acids is 1. The lowest BCUT2D eigenvalue weighted by molar-refractivity contribution is -0.124. The molecule has 128 valence electrons. The molecule has 3 rings (SSSR count). The fourth-order valence-corrected chi connectivity index (χ4v) is 3.99. The Balaban J connectivity index is 0.00000192. The molecule has 3 nitrogen and oxygen atoms in total. The Bertz CT molecular complexity index is 552. The lowest BCUT2D eigenvalue weighted by atomic mass is 9.90. The molecule has 1 aromatic carbocycles. The summed E-state index contributed by atoms with van der Waals surface area (Å²) >= 11 is 0. The first kappa shape index (κ1) is 18.3. The van der Waals surface area contributed by atoms with E-state index in [1.165, 1.54) is 11.1 Å². The molecular formula is C19H29ClN2O. The quantitative estimate of drug-likeness (QED) is 0.881. The Labute approximate surface area is 146 Å². The molecule has 1 aliphatic heterocycles. The molecule has 2 aliphatic rings. The number of hydrogen-bond acceptors (Lipinski definition) is 2. The van der Waals surface area contributed by atoms with Crippen molar-refractivity contribution in [3.05, 3.63) is 35.4 Å². The lowest BCUT2D eigenvalue weighted by Crippen LogP contribution is -2.36. The standard InChI is InChI=1S/C19H28N2O.ClH/c1-13(2)17(15-7-5-4-6-14(15)3)21-18(22)16-12-19(16)8-10-20-11-9-19;/h4-7,13,16-17,20H,8-12H2,1-3H3,(H,21,22);1H. The second kappa shape index (κ2) is 7.23. The minimum atomic E-state index is 0. The Hall–Kier alpha value is -1.06. The van der Waals surface area contributed by atoms with Crippen molar-refractivity contribution in [2.45, 2.75) is 46.1 Å². The van der Waals surface area contributed by atoms with Crippen LogP contribution in [-0.4, -0.2) is 19.0 Å². The van der Waals surface area contributed by atoms with Crippen LogP contribution in [0.3, 0.4) is 0 Å². The number of benzene rings is 1. The van der Waals surface area contributed by atoms with Gasteiger partial charge in [0.05, 0.1) is 6.04 Å². The van der Waals surface area contributed by atoms with Crippen molar-refractivity contribution in [3.8, 4) is 0 Å². The predicted molar refractivity (Wildman–Crippen MR) is 96.8 cm³/mol. The number of carbonyl (C=O) groups is 1. The summed E-state index contributed by atoms with van der Waals surface area (Å²) in [6.07, 6.45) is 3.39. The van der Waals surface area contributed by atoms with Gasteiger partial charge in [-0.2, -0.15) is 0 Å². The molecule has 2 atom stereocenters. The Kier molecular flexibility index (Phi) is 5.74. The first-order valence-electron chi connectivity index (χ1n) is 8.60. The number of halogens is 1. The second-order valence-corrected chi connectivity index (χ2v) is 7.46. The first-order chi connectivity index (χ1) is 10.5. The molecule has 2 N–H and O–H groups in total. The zero-order valence-corrected chi connectivity index (χ0v) is 15.2. The van der Waals surface area contributed by atoms with E-state index in [4.69, 9.17) is 0 Å². The second-order valence-electron chi connectivity index (χ2n) is 7.46. The van der Waals surface area contributed by atoms with E-state index in [1.54, 1.807) is 0 Å². The molecule has 2 unspecified atom stereocenters. The smallest absolute Gasteiger partial charge is 0.224 e. The minimum absolute atomic E-state index is 0. The van der Waals surface area contributed by atoms with Gasteiger partial charge in [-0.15, -0.1) is 12.4 Å². The molecule has 1 saturated carbocycles. The molecule has 1 saturated heterocycles. The molecule has 1 heterocycles. The van der Waals surface area contributed by atoms with E-state index in [-0.39, 0.29) is 30.3 Å². The largest absolute Gasteiger partial charge is 0.349 e. The van der Waals surface area contributed by atoms with Gasteiger partial charge in [0, 0.05) is 5.92 Å². The lowest BCUT2D eigenvalue weighted by Gasteiger charge is -2.27. The number of hydrogen-bond donors (Lipinski definition) is 2. The van der Waals surface area contributed by atoms with Gasteiger partial charge in [0.2, 0.25) is 5.91 Å². The molecule has 0 radical (unpaired) electrons. The maximum absolute atomic E-state index is 12.7. The third kappa shape index (κ3) is 3.72. The average Bonchev–Trinajstić information content (AvgIpc) is 3.19.